The molecule has 27 heavy (non-hydrogen) atoms. The lowest BCUT2D eigenvalue weighted by Gasteiger charge is -2.44. The van der Waals surface area contributed by atoms with Crippen molar-refractivity contribution >= 4 is 11.9 Å². The third kappa shape index (κ3) is 6.05. The monoisotopic (exact) mass is 393 g/mol. The van der Waals surface area contributed by atoms with Gasteiger partial charge < -0.3 is 15.2 Å². The van der Waals surface area contributed by atoms with Crippen LogP contribution in [0.3, 0.4) is 0 Å². The summed E-state index contributed by atoms with van der Waals surface area (Å²) in [6.07, 6.45) is -0.867. The number of carbonyl (C=O) groups excluding carboxylic acids is 1. The van der Waals surface area contributed by atoms with Gasteiger partial charge in [-0.05, 0) is 31.6 Å². The highest BCUT2D eigenvalue weighted by atomic mass is 19.4. The number of ether oxygens (including phenoxy) is 1. The number of carbonyl (C=O) groups is 2. The van der Waals surface area contributed by atoms with E-state index in [1.54, 1.807) is 0 Å². The van der Waals surface area contributed by atoms with Crippen molar-refractivity contribution in [3.05, 3.63) is 0 Å². The Balaban J connectivity index is 1.47. The summed E-state index contributed by atoms with van der Waals surface area (Å²) in [7, 11) is 0. The van der Waals surface area contributed by atoms with Crippen LogP contribution in [0.5, 0.6) is 0 Å². The van der Waals surface area contributed by atoms with Gasteiger partial charge >= 0.3 is 12.1 Å². The molecule has 7 nitrogen and oxygen atoms in total. The number of rotatable bonds is 8. The molecular formula is C17H26F3N3O4. The van der Waals surface area contributed by atoms with Crippen molar-refractivity contribution in [1.29, 1.82) is 0 Å². The Kier molecular flexibility index (Phi) is 6.27. The summed E-state index contributed by atoms with van der Waals surface area (Å²) in [5, 5.41) is 11.9. The van der Waals surface area contributed by atoms with Crippen LogP contribution < -0.4 is 5.32 Å². The molecule has 1 atom stereocenters. The van der Waals surface area contributed by atoms with E-state index in [0.29, 0.717) is 18.8 Å². The molecule has 0 spiro atoms. The predicted molar refractivity (Wildman–Crippen MR) is 89.1 cm³/mol. The molecule has 2 saturated carbocycles. The van der Waals surface area contributed by atoms with Crippen molar-refractivity contribution in [2.75, 3.05) is 39.4 Å². The van der Waals surface area contributed by atoms with Crippen molar-refractivity contribution in [3.8, 4) is 0 Å². The molecule has 3 rings (SSSR count). The number of hydrogen-bond acceptors (Lipinski definition) is 5. The molecule has 1 aliphatic heterocycles. The Morgan fingerprint density at radius 2 is 1.96 bits per heavy atom. The summed E-state index contributed by atoms with van der Waals surface area (Å²) in [6.45, 7) is -0.194. The smallest absolute Gasteiger partial charge is 0.401 e. The minimum Gasteiger partial charge on any atom is -0.480 e. The normalized spacial score (nSPS) is 29.4. The van der Waals surface area contributed by atoms with Crippen molar-refractivity contribution < 1.29 is 32.6 Å². The zero-order valence-electron chi connectivity index (χ0n) is 15.1. The number of hydrogen-bond donors (Lipinski definition) is 2. The molecule has 0 bridgehead atoms. The number of nitrogens with one attached hydrogen (secondary N) is 1. The maximum Gasteiger partial charge on any atom is 0.401 e. The number of alkyl halides is 3. The van der Waals surface area contributed by atoms with E-state index in [9.17, 15) is 22.8 Å². The maximum absolute atomic E-state index is 12.7. The second-order valence-corrected chi connectivity index (χ2v) is 7.77. The van der Waals surface area contributed by atoms with Gasteiger partial charge in [0.2, 0.25) is 5.91 Å². The van der Waals surface area contributed by atoms with E-state index in [4.69, 9.17) is 9.84 Å². The number of nitrogens with zero attached hydrogens (tertiary/aromatic N) is 2. The van der Waals surface area contributed by atoms with E-state index < -0.39 is 30.6 Å². The van der Waals surface area contributed by atoms with Crippen LogP contribution in [-0.2, 0) is 14.3 Å². The second-order valence-electron chi connectivity index (χ2n) is 7.77. The Morgan fingerprint density at radius 1 is 1.26 bits per heavy atom. The summed E-state index contributed by atoms with van der Waals surface area (Å²) < 4.78 is 43.3. The van der Waals surface area contributed by atoms with Crippen molar-refractivity contribution in [3.63, 3.8) is 0 Å². The highest BCUT2D eigenvalue weighted by molar-refractivity contribution is 5.82. The van der Waals surface area contributed by atoms with Gasteiger partial charge in [-0.2, -0.15) is 13.2 Å². The van der Waals surface area contributed by atoms with Crippen LogP contribution in [0.25, 0.3) is 0 Å². The third-order valence-corrected chi connectivity index (χ3v) is 5.43. The molecule has 0 radical (unpaired) electrons. The van der Waals surface area contributed by atoms with Crippen LogP contribution in [0.15, 0.2) is 0 Å². The van der Waals surface area contributed by atoms with Gasteiger partial charge in [0.05, 0.1) is 26.3 Å². The van der Waals surface area contributed by atoms with Gasteiger partial charge in [-0.25, -0.2) is 0 Å². The van der Waals surface area contributed by atoms with Gasteiger partial charge in [0.15, 0.2) is 0 Å². The standard InChI is InChI=1S/C17H26F3N3O4/c18-17(19,20)10-22-3-4-27-9-14(22)16(26)21-12-5-13(6-12)23(8-15(24)25)7-11-1-2-11/h11-14H,1-10H2,(H,21,26)(H,24,25). The van der Waals surface area contributed by atoms with Crippen molar-refractivity contribution in [1.82, 2.24) is 15.1 Å². The van der Waals surface area contributed by atoms with E-state index in [0.717, 1.165) is 24.3 Å². The first-order valence-corrected chi connectivity index (χ1v) is 9.36. The van der Waals surface area contributed by atoms with Gasteiger partial charge in [0.25, 0.3) is 0 Å². The van der Waals surface area contributed by atoms with Gasteiger partial charge in [-0.3, -0.25) is 19.4 Å². The number of morpholine rings is 1. The lowest BCUT2D eigenvalue weighted by atomic mass is 9.85. The average Bonchev–Trinajstić information content (AvgIpc) is 3.32. The summed E-state index contributed by atoms with van der Waals surface area (Å²) in [5.41, 5.74) is 0. The molecule has 154 valence electrons. The zero-order valence-corrected chi connectivity index (χ0v) is 15.1. The van der Waals surface area contributed by atoms with Crippen LogP contribution in [0.4, 0.5) is 13.2 Å². The fourth-order valence-corrected chi connectivity index (χ4v) is 3.75. The van der Waals surface area contributed by atoms with Gasteiger partial charge in [0, 0.05) is 25.2 Å². The molecule has 2 N–H and O–H groups in total. The molecule has 1 heterocycles. The van der Waals surface area contributed by atoms with Crippen molar-refractivity contribution in [2.24, 2.45) is 5.92 Å². The lowest BCUT2D eigenvalue weighted by Crippen LogP contribution is -2.61. The summed E-state index contributed by atoms with van der Waals surface area (Å²) >= 11 is 0. The largest absolute Gasteiger partial charge is 0.480 e. The molecule has 1 amide bonds. The minimum absolute atomic E-state index is 0.0162. The topological polar surface area (TPSA) is 82.1 Å². The molecule has 0 aromatic rings. The van der Waals surface area contributed by atoms with Crippen LogP contribution in [0.2, 0.25) is 0 Å². The SMILES string of the molecule is O=C(O)CN(CC1CC1)C1CC(NC(=O)C2COCCN2CC(F)(F)F)C1. The van der Waals surface area contributed by atoms with Gasteiger partial charge in [-0.1, -0.05) is 0 Å². The zero-order chi connectivity index (χ0) is 19.6. The van der Waals surface area contributed by atoms with E-state index >= 15 is 0 Å². The summed E-state index contributed by atoms with van der Waals surface area (Å²) in [6, 6.07) is -0.977. The number of carboxylic acids is 1. The maximum atomic E-state index is 12.7. The van der Waals surface area contributed by atoms with Crippen LogP contribution >= 0.6 is 0 Å². The number of carboxylic acid groups (broad SMARTS) is 1. The van der Waals surface area contributed by atoms with Crippen LogP contribution in [0, 0.1) is 5.92 Å². The first-order valence-electron chi connectivity index (χ1n) is 9.36. The third-order valence-electron chi connectivity index (χ3n) is 5.43. The summed E-state index contributed by atoms with van der Waals surface area (Å²) in [4.78, 5) is 26.5. The fourth-order valence-electron chi connectivity index (χ4n) is 3.75. The molecule has 1 saturated heterocycles. The quantitative estimate of drug-likeness (QED) is 0.632. The van der Waals surface area contributed by atoms with E-state index in [1.165, 1.54) is 0 Å². The Labute approximate surface area is 155 Å². The highest BCUT2D eigenvalue weighted by Crippen LogP contribution is 2.34. The Hall–Kier alpha value is -1.39. The number of halogens is 3. The number of amides is 1. The molecule has 3 fully saturated rings. The molecule has 0 aromatic heterocycles. The Morgan fingerprint density at radius 3 is 2.56 bits per heavy atom. The minimum atomic E-state index is -4.36. The van der Waals surface area contributed by atoms with Crippen LogP contribution in [-0.4, -0.2) is 90.5 Å². The highest BCUT2D eigenvalue weighted by Gasteiger charge is 2.41. The number of aliphatic carboxylic acids is 1. The van der Waals surface area contributed by atoms with Gasteiger partial charge in [0.1, 0.15) is 6.04 Å². The molecule has 3 aliphatic rings. The first kappa shape index (κ1) is 20.3. The fraction of sp³-hybridized carbons (Fsp3) is 0.882. The first-order chi connectivity index (χ1) is 12.7. The van der Waals surface area contributed by atoms with Crippen LogP contribution in [0.1, 0.15) is 25.7 Å². The van der Waals surface area contributed by atoms with E-state index in [1.807, 2.05) is 4.90 Å². The van der Waals surface area contributed by atoms with E-state index in [-0.39, 0.29) is 38.4 Å². The Bertz CT molecular complexity index is 550. The second kappa shape index (κ2) is 8.32. The predicted octanol–water partition coefficient (Wildman–Crippen LogP) is 0.693. The molecule has 1 unspecified atom stereocenters. The summed E-state index contributed by atoms with van der Waals surface area (Å²) in [5.74, 6) is -0.757. The molecular weight excluding hydrogens is 367 g/mol. The van der Waals surface area contributed by atoms with Crippen molar-refractivity contribution in [2.45, 2.75) is 50.0 Å². The average molecular weight is 393 g/mol. The molecule has 0 aromatic carbocycles. The molecule has 10 heteroatoms. The van der Waals surface area contributed by atoms with E-state index in [2.05, 4.69) is 5.32 Å². The van der Waals surface area contributed by atoms with Gasteiger partial charge in [-0.15, -0.1) is 0 Å². The lowest BCUT2D eigenvalue weighted by molar-refractivity contribution is -0.167. The molecule has 2 aliphatic carbocycles.